The lowest BCUT2D eigenvalue weighted by molar-refractivity contribution is 0.770. The van der Waals surface area contributed by atoms with Crippen LogP contribution >= 0.6 is 11.3 Å². The van der Waals surface area contributed by atoms with Crippen LogP contribution in [0.1, 0.15) is 24.0 Å². The Hall–Kier alpha value is -1.16. The van der Waals surface area contributed by atoms with E-state index in [9.17, 15) is 0 Å². The average molecular weight is 207 g/mol. The lowest BCUT2D eigenvalue weighted by atomic mass is 10.3. The lowest BCUT2D eigenvalue weighted by Crippen LogP contribution is -1.96. The smallest absolute Gasteiger partial charge is 0.0949 e. The molecule has 0 aliphatic heterocycles. The molecule has 74 valence electrons. The van der Waals surface area contributed by atoms with Gasteiger partial charge < -0.3 is 4.57 Å². The fourth-order valence-corrected chi connectivity index (χ4v) is 2.21. The van der Waals surface area contributed by atoms with Crippen LogP contribution in [-0.2, 0) is 13.0 Å². The summed E-state index contributed by atoms with van der Waals surface area (Å²) in [6.07, 6.45) is 7.82. The Bertz CT molecular complexity index is 378. The zero-order valence-electron chi connectivity index (χ0n) is 8.18. The van der Waals surface area contributed by atoms with Crippen LogP contribution in [0.25, 0.3) is 0 Å². The van der Waals surface area contributed by atoms with Gasteiger partial charge in [0.25, 0.3) is 0 Å². The van der Waals surface area contributed by atoms with E-state index in [2.05, 4.69) is 22.3 Å². The highest BCUT2D eigenvalue weighted by molar-refractivity contribution is 7.09. The maximum absolute atomic E-state index is 4.54. The van der Waals surface area contributed by atoms with Gasteiger partial charge >= 0.3 is 0 Å². The van der Waals surface area contributed by atoms with Crippen molar-refractivity contribution in [3.8, 4) is 0 Å². The molecule has 0 saturated heterocycles. The van der Waals surface area contributed by atoms with E-state index in [-0.39, 0.29) is 0 Å². The molecule has 0 N–H and O–H groups in total. The molecule has 2 aromatic heterocycles. The van der Waals surface area contributed by atoms with E-state index in [0.29, 0.717) is 0 Å². The molecular formula is C10H13N3S. The maximum atomic E-state index is 4.54. The molecule has 3 nitrogen and oxygen atoms in total. The second kappa shape index (κ2) is 4.37. The molecule has 0 unspecified atom stereocenters. The number of nitrogens with zero attached hydrogens (tertiary/aromatic N) is 3. The highest BCUT2D eigenvalue weighted by atomic mass is 32.1. The summed E-state index contributed by atoms with van der Waals surface area (Å²) in [5.74, 6) is 0. The molecule has 0 amide bonds. The number of aryl methyl sites for hydroxylation is 1. The number of hydrogen-bond acceptors (Lipinski definition) is 3. The van der Waals surface area contributed by atoms with E-state index in [1.807, 2.05) is 17.1 Å². The summed E-state index contributed by atoms with van der Waals surface area (Å²) in [5.41, 5.74) is 1.14. The number of hydrogen-bond donors (Lipinski definition) is 0. The number of thiazole rings is 1. The minimum atomic E-state index is 0.834. The van der Waals surface area contributed by atoms with Crippen LogP contribution in [0.5, 0.6) is 0 Å². The Morgan fingerprint density at radius 2 is 2.43 bits per heavy atom. The van der Waals surface area contributed by atoms with E-state index in [4.69, 9.17) is 0 Å². The molecular weight excluding hydrogens is 194 g/mol. The zero-order valence-corrected chi connectivity index (χ0v) is 9.00. The van der Waals surface area contributed by atoms with Gasteiger partial charge in [-0.3, -0.25) is 0 Å². The molecule has 0 aromatic carbocycles. The Morgan fingerprint density at radius 1 is 1.50 bits per heavy atom. The van der Waals surface area contributed by atoms with Crippen molar-refractivity contribution in [2.24, 2.45) is 0 Å². The van der Waals surface area contributed by atoms with Crippen LogP contribution in [-0.4, -0.2) is 14.5 Å². The normalized spacial score (nSPS) is 10.6. The second-order valence-electron chi connectivity index (χ2n) is 3.22. The summed E-state index contributed by atoms with van der Waals surface area (Å²) in [4.78, 5) is 8.54. The minimum absolute atomic E-state index is 0.834. The van der Waals surface area contributed by atoms with Crippen molar-refractivity contribution in [1.82, 2.24) is 14.5 Å². The number of aromatic nitrogens is 3. The molecule has 2 aromatic rings. The first-order valence-corrected chi connectivity index (χ1v) is 5.65. The van der Waals surface area contributed by atoms with Crippen molar-refractivity contribution in [2.75, 3.05) is 0 Å². The van der Waals surface area contributed by atoms with Crippen LogP contribution in [0, 0.1) is 0 Å². The molecule has 0 aliphatic rings. The van der Waals surface area contributed by atoms with E-state index in [1.165, 1.54) is 5.01 Å². The fourth-order valence-electron chi connectivity index (χ4n) is 1.32. The third-order valence-corrected chi connectivity index (χ3v) is 2.92. The predicted octanol–water partition coefficient (Wildman–Crippen LogP) is 2.34. The Morgan fingerprint density at radius 3 is 3.14 bits per heavy atom. The first-order chi connectivity index (χ1) is 6.88. The molecule has 4 heteroatoms. The largest absolute Gasteiger partial charge is 0.331 e. The molecule has 0 fully saturated rings. The second-order valence-corrected chi connectivity index (χ2v) is 4.16. The molecule has 0 bridgehead atoms. The first-order valence-electron chi connectivity index (χ1n) is 4.77. The molecule has 0 saturated carbocycles. The van der Waals surface area contributed by atoms with Gasteiger partial charge in [0, 0.05) is 17.8 Å². The lowest BCUT2D eigenvalue weighted by Gasteiger charge is -1.96. The van der Waals surface area contributed by atoms with Gasteiger partial charge in [-0.25, -0.2) is 9.97 Å². The summed E-state index contributed by atoms with van der Waals surface area (Å²) >= 11 is 1.75. The SMILES string of the molecule is CCCc1nc(Cn2ccnc2)cs1. The molecule has 2 rings (SSSR count). The van der Waals surface area contributed by atoms with Crippen LogP contribution in [0.15, 0.2) is 24.1 Å². The summed E-state index contributed by atoms with van der Waals surface area (Å²) in [6, 6.07) is 0. The third-order valence-electron chi connectivity index (χ3n) is 1.97. The Kier molecular flexibility index (Phi) is 2.93. The van der Waals surface area contributed by atoms with Gasteiger partial charge in [0.15, 0.2) is 0 Å². The monoisotopic (exact) mass is 207 g/mol. The standard InChI is InChI=1S/C10H13N3S/c1-2-3-10-12-9(7-14-10)6-13-5-4-11-8-13/h4-5,7-8H,2-3,6H2,1H3. The van der Waals surface area contributed by atoms with Crippen molar-refractivity contribution >= 4 is 11.3 Å². The molecule has 0 atom stereocenters. The predicted molar refractivity (Wildman–Crippen MR) is 57.4 cm³/mol. The molecule has 0 spiro atoms. The Labute approximate surface area is 87.4 Å². The van der Waals surface area contributed by atoms with Crippen LogP contribution in [0.2, 0.25) is 0 Å². The van der Waals surface area contributed by atoms with Crippen molar-refractivity contribution in [1.29, 1.82) is 0 Å². The van der Waals surface area contributed by atoms with Crippen LogP contribution < -0.4 is 0 Å². The molecule has 0 radical (unpaired) electrons. The number of imidazole rings is 1. The fraction of sp³-hybridized carbons (Fsp3) is 0.400. The van der Waals surface area contributed by atoms with Gasteiger partial charge in [0.1, 0.15) is 0 Å². The van der Waals surface area contributed by atoms with Crippen molar-refractivity contribution < 1.29 is 0 Å². The van der Waals surface area contributed by atoms with Crippen molar-refractivity contribution in [3.63, 3.8) is 0 Å². The van der Waals surface area contributed by atoms with Crippen molar-refractivity contribution in [3.05, 3.63) is 34.8 Å². The quantitative estimate of drug-likeness (QED) is 0.770. The minimum Gasteiger partial charge on any atom is -0.331 e. The summed E-state index contributed by atoms with van der Waals surface area (Å²) in [5, 5.41) is 3.37. The van der Waals surface area contributed by atoms with Gasteiger partial charge in [-0.1, -0.05) is 6.92 Å². The van der Waals surface area contributed by atoms with E-state index < -0.39 is 0 Å². The Balaban J connectivity index is 2.03. The summed E-state index contributed by atoms with van der Waals surface area (Å²) < 4.78 is 2.03. The van der Waals surface area contributed by atoms with Crippen LogP contribution in [0.3, 0.4) is 0 Å². The van der Waals surface area contributed by atoms with Crippen LogP contribution in [0.4, 0.5) is 0 Å². The highest BCUT2D eigenvalue weighted by Crippen LogP contribution is 2.12. The van der Waals surface area contributed by atoms with Gasteiger partial charge in [-0.2, -0.15) is 0 Å². The topological polar surface area (TPSA) is 30.7 Å². The highest BCUT2D eigenvalue weighted by Gasteiger charge is 2.01. The maximum Gasteiger partial charge on any atom is 0.0949 e. The number of rotatable bonds is 4. The van der Waals surface area contributed by atoms with Gasteiger partial charge in [-0.05, 0) is 12.8 Å². The summed E-state index contributed by atoms with van der Waals surface area (Å²) in [6.45, 7) is 3.01. The molecule has 0 aliphatic carbocycles. The third kappa shape index (κ3) is 2.20. The molecule has 14 heavy (non-hydrogen) atoms. The van der Waals surface area contributed by atoms with E-state index >= 15 is 0 Å². The van der Waals surface area contributed by atoms with Crippen molar-refractivity contribution in [2.45, 2.75) is 26.3 Å². The van der Waals surface area contributed by atoms with E-state index in [0.717, 1.165) is 25.1 Å². The van der Waals surface area contributed by atoms with E-state index in [1.54, 1.807) is 17.5 Å². The average Bonchev–Trinajstić information content (AvgIpc) is 2.79. The molecule has 2 heterocycles. The first kappa shape index (κ1) is 9.40. The van der Waals surface area contributed by atoms with Gasteiger partial charge in [-0.15, -0.1) is 11.3 Å². The zero-order chi connectivity index (χ0) is 9.80. The van der Waals surface area contributed by atoms with Gasteiger partial charge in [0.05, 0.1) is 23.6 Å². The van der Waals surface area contributed by atoms with Gasteiger partial charge in [0.2, 0.25) is 0 Å². The summed E-state index contributed by atoms with van der Waals surface area (Å²) in [7, 11) is 0.